The van der Waals surface area contributed by atoms with E-state index in [1.807, 2.05) is 26.0 Å². The number of hydrogen-bond donors (Lipinski definition) is 1. The molecule has 0 radical (unpaired) electrons. The third-order valence-corrected chi connectivity index (χ3v) is 4.09. The maximum absolute atomic E-state index is 12.4. The van der Waals surface area contributed by atoms with Gasteiger partial charge in [-0.15, -0.1) is 5.10 Å². The Morgan fingerprint density at radius 3 is 2.75 bits per heavy atom. The lowest BCUT2D eigenvalue weighted by molar-refractivity contribution is -0.116. The molecule has 0 spiro atoms. The van der Waals surface area contributed by atoms with Gasteiger partial charge >= 0.3 is 0 Å². The number of carbonyl (C=O) groups excluding carboxylic acids is 1. The van der Waals surface area contributed by atoms with Gasteiger partial charge in [-0.3, -0.25) is 4.79 Å². The number of methoxy groups -OCH3 is 1. The van der Waals surface area contributed by atoms with Crippen molar-refractivity contribution in [1.82, 2.24) is 15.0 Å². The molecule has 3 rings (SSSR count). The summed E-state index contributed by atoms with van der Waals surface area (Å²) in [6, 6.07) is 9.00. The van der Waals surface area contributed by atoms with Gasteiger partial charge in [0.2, 0.25) is 5.91 Å². The second-order valence-corrected chi connectivity index (χ2v) is 6.00. The maximum Gasteiger partial charge on any atom is 0.246 e. The van der Waals surface area contributed by atoms with E-state index in [1.165, 1.54) is 7.11 Å². The number of aromatic nitrogens is 3. The fourth-order valence-electron chi connectivity index (χ4n) is 2.44. The van der Waals surface area contributed by atoms with Crippen LogP contribution < -0.4 is 10.1 Å². The van der Waals surface area contributed by atoms with Crippen LogP contribution >= 0.6 is 11.6 Å². The summed E-state index contributed by atoms with van der Waals surface area (Å²) in [7, 11) is 1.54. The van der Waals surface area contributed by atoms with Gasteiger partial charge in [-0.05, 0) is 55.3 Å². The van der Waals surface area contributed by atoms with Crippen LogP contribution in [0.5, 0.6) is 5.75 Å². The number of rotatable bonds is 4. The largest absolute Gasteiger partial charge is 0.495 e. The fraction of sp³-hybridized carbons (Fsp3) is 0.235. The molecule has 1 aromatic heterocycles. The Hall–Kier alpha value is -2.60. The molecule has 0 unspecified atom stereocenters. The van der Waals surface area contributed by atoms with Gasteiger partial charge in [0.25, 0.3) is 0 Å². The SMILES string of the molecule is COc1ccc(Cl)cc1NC(=O)Cn1nnc2cc(C)c(C)cc21. The highest BCUT2D eigenvalue weighted by atomic mass is 35.5. The van der Waals surface area contributed by atoms with E-state index in [2.05, 4.69) is 15.6 Å². The van der Waals surface area contributed by atoms with Gasteiger partial charge in [0.1, 0.15) is 17.8 Å². The molecule has 0 aliphatic heterocycles. The summed E-state index contributed by atoms with van der Waals surface area (Å²) in [6.45, 7) is 4.09. The van der Waals surface area contributed by atoms with E-state index in [-0.39, 0.29) is 12.5 Å². The normalized spacial score (nSPS) is 10.8. The molecule has 0 atom stereocenters. The number of aryl methyl sites for hydroxylation is 2. The molecule has 0 aliphatic rings. The molecule has 3 aromatic rings. The van der Waals surface area contributed by atoms with Crippen molar-refractivity contribution < 1.29 is 9.53 Å². The number of ether oxygens (including phenoxy) is 1. The third kappa shape index (κ3) is 3.19. The lowest BCUT2D eigenvalue weighted by Crippen LogP contribution is -2.20. The van der Waals surface area contributed by atoms with E-state index in [4.69, 9.17) is 16.3 Å². The molecule has 0 aliphatic carbocycles. The Balaban J connectivity index is 1.83. The van der Waals surface area contributed by atoms with Crippen LogP contribution in [0.4, 0.5) is 5.69 Å². The maximum atomic E-state index is 12.4. The molecule has 124 valence electrons. The molecule has 1 amide bonds. The zero-order chi connectivity index (χ0) is 17.3. The smallest absolute Gasteiger partial charge is 0.246 e. The van der Waals surface area contributed by atoms with Crippen LogP contribution in [-0.4, -0.2) is 28.0 Å². The van der Waals surface area contributed by atoms with Crippen LogP contribution in [0.15, 0.2) is 30.3 Å². The predicted molar refractivity (Wildman–Crippen MR) is 93.6 cm³/mol. The molecule has 7 heteroatoms. The van der Waals surface area contributed by atoms with Crippen LogP contribution in [0.3, 0.4) is 0 Å². The monoisotopic (exact) mass is 344 g/mol. The minimum atomic E-state index is -0.236. The van der Waals surface area contributed by atoms with Crippen LogP contribution in [-0.2, 0) is 11.3 Å². The average molecular weight is 345 g/mol. The molecular weight excluding hydrogens is 328 g/mol. The number of hydrogen-bond acceptors (Lipinski definition) is 4. The zero-order valence-corrected chi connectivity index (χ0v) is 14.4. The van der Waals surface area contributed by atoms with Crippen LogP contribution in [0.1, 0.15) is 11.1 Å². The molecule has 0 bridgehead atoms. The van der Waals surface area contributed by atoms with Crippen LogP contribution in [0.2, 0.25) is 5.02 Å². The van der Waals surface area contributed by atoms with Crippen molar-refractivity contribution in [2.24, 2.45) is 0 Å². The first kappa shape index (κ1) is 16.3. The second kappa shape index (κ2) is 6.49. The standard InChI is InChI=1S/C17H17ClN4O2/c1-10-6-13-15(7-11(10)2)22(21-20-13)9-17(23)19-14-8-12(18)4-5-16(14)24-3/h4-8H,9H2,1-3H3,(H,19,23). The highest BCUT2D eigenvalue weighted by Gasteiger charge is 2.12. The summed E-state index contributed by atoms with van der Waals surface area (Å²) in [5, 5.41) is 11.5. The quantitative estimate of drug-likeness (QED) is 0.788. The average Bonchev–Trinajstić information content (AvgIpc) is 2.90. The van der Waals surface area contributed by atoms with Crippen molar-refractivity contribution in [2.75, 3.05) is 12.4 Å². The minimum absolute atomic E-state index is 0.0503. The Morgan fingerprint density at radius 1 is 1.25 bits per heavy atom. The molecule has 24 heavy (non-hydrogen) atoms. The number of anilines is 1. The zero-order valence-electron chi connectivity index (χ0n) is 13.6. The Kier molecular flexibility index (Phi) is 4.40. The van der Waals surface area contributed by atoms with Crippen LogP contribution in [0.25, 0.3) is 11.0 Å². The third-order valence-electron chi connectivity index (χ3n) is 3.86. The van der Waals surface area contributed by atoms with Gasteiger partial charge in [-0.1, -0.05) is 16.8 Å². The van der Waals surface area contributed by atoms with Gasteiger partial charge in [0, 0.05) is 5.02 Å². The first-order chi connectivity index (χ1) is 11.5. The molecule has 2 aromatic carbocycles. The molecule has 0 fully saturated rings. The number of nitrogens with one attached hydrogen (secondary N) is 1. The first-order valence-corrected chi connectivity index (χ1v) is 7.79. The predicted octanol–water partition coefficient (Wildman–Crippen LogP) is 3.35. The van der Waals surface area contributed by atoms with E-state index < -0.39 is 0 Å². The fourth-order valence-corrected chi connectivity index (χ4v) is 2.62. The minimum Gasteiger partial charge on any atom is -0.495 e. The van der Waals surface area contributed by atoms with Gasteiger partial charge in [-0.25, -0.2) is 4.68 Å². The summed E-state index contributed by atoms with van der Waals surface area (Å²) in [5.41, 5.74) is 4.38. The van der Waals surface area contributed by atoms with Gasteiger partial charge in [0.15, 0.2) is 0 Å². The van der Waals surface area contributed by atoms with Crippen molar-refractivity contribution in [3.63, 3.8) is 0 Å². The molecule has 1 N–H and O–H groups in total. The summed E-state index contributed by atoms with van der Waals surface area (Å²) in [4.78, 5) is 12.4. The lowest BCUT2D eigenvalue weighted by Gasteiger charge is -2.10. The molecular formula is C17H17ClN4O2. The number of amides is 1. The lowest BCUT2D eigenvalue weighted by atomic mass is 10.1. The highest BCUT2D eigenvalue weighted by Crippen LogP contribution is 2.27. The highest BCUT2D eigenvalue weighted by molar-refractivity contribution is 6.31. The molecule has 0 saturated carbocycles. The number of halogens is 1. The number of fused-ring (bicyclic) bond motifs is 1. The van der Waals surface area contributed by atoms with E-state index in [0.717, 1.165) is 22.2 Å². The van der Waals surface area contributed by atoms with E-state index >= 15 is 0 Å². The van der Waals surface area contributed by atoms with Crippen LogP contribution in [0, 0.1) is 13.8 Å². The topological polar surface area (TPSA) is 69.0 Å². The second-order valence-electron chi connectivity index (χ2n) is 5.57. The molecule has 1 heterocycles. The number of carbonyl (C=O) groups is 1. The summed E-state index contributed by atoms with van der Waals surface area (Å²) in [6.07, 6.45) is 0. The van der Waals surface area contributed by atoms with Crippen molar-refractivity contribution in [3.8, 4) is 5.75 Å². The summed E-state index contributed by atoms with van der Waals surface area (Å²) < 4.78 is 6.80. The number of nitrogens with zero attached hydrogens (tertiary/aromatic N) is 3. The van der Waals surface area contributed by atoms with Gasteiger partial charge in [0.05, 0.1) is 18.3 Å². The Labute approximate surface area is 144 Å². The van der Waals surface area contributed by atoms with Crippen molar-refractivity contribution in [1.29, 1.82) is 0 Å². The van der Waals surface area contributed by atoms with Gasteiger partial charge < -0.3 is 10.1 Å². The number of benzene rings is 2. The van der Waals surface area contributed by atoms with Crippen molar-refractivity contribution in [3.05, 3.63) is 46.5 Å². The molecule has 0 saturated heterocycles. The summed E-state index contributed by atoms with van der Waals surface area (Å²) in [5.74, 6) is 0.309. The van der Waals surface area contributed by atoms with E-state index in [1.54, 1.807) is 22.9 Å². The van der Waals surface area contributed by atoms with Gasteiger partial charge in [-0.2, -0.15) is 0 Å². The van der Waals surface area contributed by atoms with Crippen molar-refractivity contribution >= 4 is 34.2 Å². The Morgan fingerprint density at radius 2 is 2.00 bits per heavy atom. The Bertz CT molecular complexity index is 920. The van der Waals surface area contributed by atoms with E-state index in [9.17, 15) is 4.79 Å². The van der Waals surface area contributed by atoms with Crippen molar-refractivity contribution in [2.45, 2.75) is 20.4 Å². The molecule has 6 nitrogen and oxygen atoms in total. The summed E-state index contributed by atoms with van der Waals surface area (Å²) >= 11 is 5.98. The first-order valence-electron chi connectivity index (χ1n) is 7.42. The van der Waals surface area contributed by atoms with E-state index in [0.29, 0.717) is 16.5 Å².